The highest BCUT2D eigenvalue weighted by molar-refractivity contribution is 7.22. The van der Waals surface area contributed by atoms with Gasteiger partial charge in [0.15, 0.2) is 16.6 Å². The monoisotopic (exact) mass is 423 g/mol. The summed E-state index contributed by atoms with van der Waals surface area (Å²) >= 11 is 8.89. The van der Waals surface area contributed by atoms with Crippen LogP contribution in [0, 0.1) is 0 Å². The van der Waals surface area contributed by atoms with E-state index in [0.717, 1.165) is 28.4 Å². The third kappa shape index (κ3) is 3.44. The van der Waals surface area contributed by atoms with Crippen molar-refractivity contribution in [2.45, 2.75) is 0 Å². The fourth-order valence-corrected chi connectivity index (χ4v) is 5.15. The van der Waals surface area contributed by atoms with Gasteiger partial charge in [-0.3, -0.25) is 4.79 Å². The zero-order chi connectivity index (χ0) is 19.0. The maximum atomic E-state index is 12.6. The standard InChI is InChI=1S/C18H18ClN3O3S2/c1-24-11-3-4-12-15(16(11)25-2)20-18(27-12)22-9-7-21(8-10-22)17(23)13-5-6-14(19)26-13/h3-6H,7-10H2,1-2H3. The van der Waals surface area contributed by atoms with Crippen molar-refractivity contribution in [2.24, 2.45) is 0 Å². The Kier molecular flexibility index (Phi) is 5.12. The van der Waals surface area contributed by atoms with Crippen molar-refractivity contribution in [1.82, 2.24) is 9.88 Å². The van der Waals surface area contributed by atoms with Crippen LogP contribution in [0.4, 0.5) is 5.13 Å². The van der Waals surface area contributed by atoms with E-state index in [4.69, 9.17) is 26.1 Å². The average Bonchev–Trinajstić information content (AvgIpc) is 3.32. The lowest BCUT2D eigenvalue weighted by molar-refractivity contribution is 0.0751. The van der Waals surface area contributed by atoms with Gasteiger partial charge in [-0.15, -0.1) is 11.3 Å². The minimum atomic E-state index is 0.0438. The minimum Gasteiger partial charge on any atom is -0.493 e. The van der Waals surface area contributed by atoms with Gasteiger partial charge in [0, 0.05) is 26.2 Å². The smallest absolute Gasteiger partial charge is 0.264 e. The van der Waals surface area contributed by atoms with Crippen molar-refractivity contribution >= 4 is 55.5 Å². The molecule has 3 heterocycles. The summed E-state index contributed by atoms with van der Waals surface area (Å²) in [6, 6.07) is 7.44. The Morgan fingerprint density at radius 3 is 2.48 bits per heavy atom. The Hall–Kier alpha value is -2.03. The Bertz CT molecular complexity index is 980. The van der Waals surface area contributed by atoms with Gasteiger partial charge in [0.1, 0.15) is 5.52 Å². The van der Waals surface area contributed by atoms with E-state index in [0.29, 0.717) is 33.8 Å². The molecule has 1 aliphatic heterocycles. The number of rotatable bonds is 4. The van der Waals surface area contributed by atoms with Crippen LogP contribution in [0.2, 0.25) is 4.34 Å². The first-order valence-electron chi connectivity index (χ1n) is 8.42. The number of hydrogen-bond acceptors (Lipinski definition) is 7. The van der Waals surface area contributed by atoms with Crippen molar-refractivity contribution in [2.75, 3.05) is 45.3 Å². The minimum absolute atomic E-state index is 0.0438. The second-order valence-corrected chi connectivity index (χ2v) is 8.75. The number of halogens is 1. The summed E-state index contributed by atoms with van der Waals surface area (Å²) in [7, 11) is 3.24. The molecule has 6 nitrogen and oxygen atoms in total. The molecule has 1 amide bonds. The third-order valence-electron chi connectivity index (χ3n) is 4.51. The van der Waals surface area contributed by atoms with E-state index in [-0.39, 0.29) is 5.91 Å². The highest BCUT2D eigenvalue weighted by Gasteiger charge is 2.25. The maximum absolute atomic E-state index is 12.6. The summed E-state index contributed by atoms with van der Waals surface area (Å²) in [5.41, 5.74) is 0.809. The van der Waals surface area contributed by atoms with Crippen LogP contribution in [0.1, 0.15) is 9.67 Å². The second-order valence-electron chi connectivity index (χ2n) is 6.03. The molecule has 0 atom stereocenters. The SMILES string of the molecule is COc1ccc2sc(N3CCN(C(=O)c4ccc(Cl)s4)CC3)nc2c1OC. The van der Waals surface area contributed by atoms with Crippen LogP contribution in [-0.2, 0) is 0 Å². The Labute approximate surface area is 169 Å². The molecule has 0 radical (unpaired) electrons. The first kappa shape index (κ1) is 18.3. The molecule has 27 heavy (non-hydrogen) atoms. The Morgan fingerprint density at radius 1 is 1.07 bits per heavy atom. The molecule has 9 heteroatoms. The van der Waals surface area contributed by atoms with Gasteiger partial charge in [0.25, 0.3) is 5.91 Å². The predicted molar refractivity (Wildman–Crippen MR) is 110 cm³/mol. The fourth-order valence-electron chi connectivity index (χ4n) is 3.12. The summed E-state index contributed by atoms with van der Waals surface area (Å²) in [5.74, 6) is 1.37. The first-order valence-corrected chi connectivity index (χ1v) is 10.4. The number of thiazole rings is 1. The van der Waals surface area contributed by atoms with E-state index in [1.807, 2.05) is 17.0 Å². The molecule has 3 aromatic rings. The number of nitrogens with zero attached hydrogens (tertiary/aromatic N) is 3. The van der Waals surface area contributed by atoms with Crippen LogP contribution < -0.4 is 14.4 Å². The number of benzene rings is 1. The highest BCUT2D eigenvalue weighted by Crippen LogP contribution is 2.40. The lowest BCUT2D eigenvalue weighted by atomic mass is 10.3. The Morgan fingerprint density at radius 2 is 1.85 bits per heavy atom. The summed E-state index contributed by atoms with van der Waals surface area (Å²) < 4.78 is 12.5. The predicted octanol–water partition coefficient (Wildman–Crippen LogP) is 3.99. The zero-order valence-electron chi connectivity index (χ0n) is 14.9. The van der Waals surface area contributed by atoms with Gasteiger partial charge in [0.05, 0.1) is 28.1 Å². The van der Waals surface area contributed by atoms with Crippen LogP contribution in [0.3, 0.4) is 0 Å². The van der Waals surface area contributed by atoms with Crippen LogP contribution in [0.25, 0.3) is 10.2 Å². The molecule has 2 aromatic heterocycles. The van der Waals surface area contributed by atoms with Crippen molar-refractivity contribution in [3.05, 3.63) is 33.5 Å². The molecule has 0 saturated carbocycles. The van der Waals surface area contributed by atoms with Crippen molar-refractivity contribution < 1.29 is 14.3 Å². The molecular formula is C18H18ClN3O3S2. The van der Waals surface area contributed by atoms with E-state index < -0.39 is 0 Å². The van der Waals surface area contributed by atoms with Gasteiger partial charge in [0.2, 0.25) is 0 Å². The zero-order valence-corrected chi connectivity index (χ0v) is 17.3. The summed E-state index contributed by atoms with van der Waals surface area (Å²) in [6.45, 7) is 2.80. The van der Waals surface area contributed by atoms with Crippen molar-refractivity contribution in [3.8, 4) is 11.5 Å². The number of aromatic nitrogens is 1. The van der Waals surface area contributed by atoms with Crippen molar-refractivity contribution in [1.29, 1.82) is 0 Å². The normalized spacial score (nSPS) is 14.6. The number of thiophene rings is 1. The van der Waals surface area contributed by atoms with Crippen LogP contribution in [-0.4, -0.2) is 56.2 Å². The van der Waals surface area contributed by atoms with Crippen LogP contribution in [0.15, 0.2) is 24.3 Å². The van der Waals surface area contributed by atoms with E-state index in [1.165, 1.54) is 11.3 Å². The van der Waals surface area contributed by atoms with E-state index in [1.54, 1.807) is 37.7 Å². The number of piperazine rings is 1. The quantitative estimate of drug-likeness (QED) is 0.635. The lowest BCUT2D eigenvalue weighted by Gasteiger charge is -2.34. The van der Waals surface area contributed by atoms with Gasteiger partial charge in [-0.25, -0.2) is 4.98 Å². The van der Waals surface area contributed by atoms with Gasteiger partial charge in [-0.05, 0) is 24.3 Å². The molecule has 0 spiro atoms. The van der Waals surface area contributed by atoms with Gasteiger partial charge in [-0.1, -0.05) is 22.9 Å². The molecule has 1 aliphatic rings. The maximum Gasteiger partial charge on any atom is 0.264 e. The van der Waals surface area contributed by atoms with Crippen molar-refractivity contribution in [3.63, 3.8) is 0 Å². The first-order chi connectivity index (χ1) is 13.1. The molecule has 0 bridgehead atoms. The molecular weight excluding hydrogens is 406 g/mol. The van der Waals surface area contributed by atoms with E-state index >= 15 is 0 Å². The lowest BCUT2D eigenvalue weighted by Crippen LogP contribution is -2.48. The molecule has 0 unspecified atom stereocenters. The number of ether oxygens (including phenoxy) is 2. The fraction of sp³-hybridized carbons (Fsp3) is 0.333. The largest absolute Gasteiger partial charge is 0.493 e. The van der Waals surface area contributed by atoms with E-state index in [2.05, 4.69) is 4.90 Å². The average molecular weight is 424 g/mol. The Balaban J connectivity index is 1.50. The number of hydrogen-bond donors (Lipinski definition) is 0. The second kappa shape index (κ2) is 7.53. The number of amides is 1. The van der Waals surface area contributed by atoms with Crippen LogP contribution >= 0.6 is 34.3 Å². The number of carbonyl (C=O) groups excluding carboxylic acids is 1. The third-order valence-corrected chi connectivity index (χ3v) is 6.81. The molecule has 0 aliphatic carbocycles. The van der Waals surface area contributed by atoms with Gasteiger partial charge in [-0.2, -0.15) is 0 Å². The topological polar surface area (TPSA) is 54.9 Å². The van der Waals surface area contributed by atoms with E-state index in [9.17, 15) is 4.79 Å². The van der Waals surface area contributed by atoms with Crippen LogP contribution in [0.5, 0.6) is 11.5 Å². The number of fused-ring (bicyclic) bond motifs is 1. The summed E-state index contributed by atoms with van der Waals surface area (Å²) in [5, 5.41) is 0.933. The number of anilines is 1. The molecule has 0 N–H and O–H groups in total. The highest BCUT2D eigenvalue weighted by atomic mass is 35.5. The summed E-state index contributed by atoms with van der Waals surface area (Å²) in [4.78, 5) is 22.1. The molecule has 1 aromatic carbocycles. The number of carbonyl (C=O) groups is 1. The molecule has 1 saturated heterocycles. The molecule has 1 fully saturated rings. The van der Waals surface area contributed by atoms with Gasteiger partial charge < -0.3 is 19.3 Å². The molecule has 142 valence electrons. The summed E-state index contributed by atoms with van der Waals surface area (Å²) in [6.07, 6.45) is 0. The number of methoxy groups -OCH3 is 2. The molecule has 4 rings (SSSR count). The van der Waals surface area contributed by atoms with Gasteiger partial charge >= 0.3 is 0 Å².